The van der Waals surface area contributed by atoms with Gasteiger partial charge in [0.05, 0.1) is 19.3 Å². The number of aliphatic hydroxyl groups is 5. The van der Waals surface area contributed by atoms with Crippen LogP contribution in [0.3, 0.4) is 0 Å². The second kappa shape index (κ2) is 7.66. The first-order valence-corrected chi connectivity index (χ1v) is 4.84. The highest BCUT2D eigenvalue weighted by molar-refractivity contribution is 5.56. The summed E-state index contributed by atoms with van der Waals surface area (Å²) in [5.41, 5.74) is 0. The van der Waals surface area contributed by atoms with Gasteiger partial charge in [-0.1, -0.05) is 0 Å². The van der Waals surface area contributed by atoms with E-state index in [9.17, 15) is 4.79 Å². The van der Waals surface area contributed by atoms with Crippen LogP contribution in [0.2, 0.25) is 0 Å². The van der Waals surface area contributed by atoms with E-state index in [1.165, 1.54) is 0 Å². The van der Waals surface area contributed by atoms with E-state index in [1.807, 2.05) is 0 Å². The maximum atomic E-state index is 9.90. The molecule has 0 radical (unpaired) electrons. The van der Waals surface area contributed by atoms with Crippen molar-refractivity contribution in [3.8, 4) is 0 Å². The Hall–Kier alpha value is -0.570. The predicted octanol–water partition coefficient (Wildman–Crippen LogP) is -2.97. The van der Waals surface area contributed by atoms with Gasteiger partial charge in [-0.3, -0.25) is 0 Å². The molecule has 1 aliphatic rings. The molecule has 0 aromatic carbocycles. The lowest BCUT2D eigenvalue weighted by atomic mass is 10.0. The zero-order valence-electron chi connectivity index (χ0n) is 8.93. The predicted molar refractivity (Wildman–Crippen MR) is 52.6 cm³/mol. The first kappa shape index (κ1) is 15.4. The molecule has 5 unspecified atom stereocenters. The summed E-state index contributed by atoms with van der Waals surface area (Å²) in [6.45, 7) is 2.28. The first-order valence-electron chi connectivity index (χ1n) is 4.84. The number of ether oxygens (including phenoxy) is 1. The van der Waals surface area contributed by atoms with Crippen LogP contribution < -0.4 is 0 Å². The molecule has 7 heteroatoms. The van der Waals surface area contributed by atoms with Gasteiger partial charge in [0.25, 0.3) is 0 Å². The number of carbonyl (C=O) groups is 1. The van der Waals surface area contributed by atoms with Crippen molar-refractivity contribution in [2.75, 3.05) is 13.2 Å². The molecule has 1 fully saturated rings. The van der Waals surface area contributed by atoms with Crippen LogP contribution in [0.25, 0.3) is 0 Å². The second-order valence-electron chi connectivity index (χ2n) is 3.50. The van der Waals surface area contributed by atoms with Crippen LogP contribution >= 0.6 is 0 Å². The van der Waals surface area contributed by atoms with Crippen LogP contribution in [0.5, 0.6) is 0 Å². The fraction of sp³-hybridized carbons (Fsp3) is 0.889. The number of rotatable bonds is 5. The molecular formula is C9H18O7. The Labute approximate surface area is 92.9 Å². The third kappa shape index (κ3) is 6.11. The Balaban J connectivity index is 0.000000462. The maximum Gasteiger partial charge on any atom is 0.151 e. The second-order valence-corrected chi connectivity index (χ2v) is 3.50. The van der Waals surface area contributed by atoms with E-state index in [4.69, 9.17) is 30.3 Å². The highest BCUT2D eigenvalue weighted by atomic mass is 16.6. The molecule has 0 aromatic heterocycles. The quantitative estimate of drug-likeness (QED) is 0.255. The summed E-state index contributed by atoms with van der Waals surface area (Å²) in [6, 6.07) is 0. The van der Waals surface area contributed by atoms with Gasteiger partial charge in [0.1, 0.15) is 24.4 Å². The Kier molecular flexibility index (Phi) is 7.39. The van der Waals surface area contributed by atoms with Gasteiger partial charge in [0.15, 0.2) is 6.29 Å². The number of aliphatic hydroxyl groups excluding tert-OH is 5. The van der Waals surface area contributed by atoms with Crippen molar-refractivity contribution in [1.29, 1.82) is 0 Å². The van der Waals surface area contributed by atoms with E-state index in [0.717, 1.165) is 6.61 Å². The van der Waals surface area contributed by atoms with Gasteiger partial charge in [-0.15, -0.1) is 0 Å². The monoisotopic (exact) mass is 238 g/mol. The normalized spacial score (nSPS) is 25.8. The van der Waals surface area contributed by atoms with Crippen molar-refractivity contribution >= 4 is 6.29 Å². The van der Waals surface area contributed by atoms with Crippen molar-refractivity contribution in [1.82, 2.24) is 0 Å². The van der Waals surface area contributed by atoms with Gasteiger partial charge < -0.3 is 35.1 Å². The summed E-state index contributed by atoms with van der Waals surface area (Å²) in [5.74, 6) is 0. The molecule has 0 aromatic rings. The molecule has 0 amide bonds. The molecule has 5 N–H and O–H groups in total. The fourth-order valence-corrected chi connectivity index (χ4v) is 0.714. The molecule has 7 nitrogen and oxygen atoms in total. The van der Waals surface area contributed by atoms with Crippen molar-refractivity contribution < 1.29 is 35.1 Å². The largest absolute Gasteiger partial charge is 0.394 e. The van der Waals surface area contributed by atoms with E-state index in [0.29, 0.717) is 6.10 Å². The Bertz CT molecular complexity index is 194. The van der Waals surface area contributed by atoms with Crippen molar-refractivity contribution in [3.05, 3.63) is 0 Å². The van der Waals surface area contributed by atoms with Gasteiger partial charge in [0, 0.05) is 0 Å². The van der Waals surface area contributed by atoms with Crippen LogP contribution in [0.1, 0.15) is 6.92 Å². The van der Waals surface area contributed by atoms with Crippen molar-refractivity contribution in [3.63, 3.8) is 0 Å². The minimum absolute atomic E-state index is 0.0258. The third-order valence-corrected chi connectivity index (χ3v) is 1.92. The van der Waals surface area contributed by atoms with Crippen LogP contribution in [0, 0.1) is 0 Å². The highest BCUT2D eigenvalue weighted by Crippen LogP contribution is 2.04. The van der Waals surface area contributed by atoms with Crippen LogP contribution in [-0.4, -0.2) is 75.6 Å². The summed E-state index contributed by atoms with van der Waals surface area (Å²) >= 11 is 0. The molecule has 16 heavy (non-hydrogen) atoms. The highest BCUT2D eigenvalue weighted by Gasteiger charge is 2.29. The molecule has 0 saturated carbocycles. The van der Waals surface area contributed by atoms with Crippen molar-refractivity contribution in [2.45, 2.75) is 37.4 Å². The molecule has 0 spiro atoms. The standard InChI is InChI=1S/C6H12O6.C3H6O/c7-1-3(9)5(11)6(12)4(10)2-8;1-3-2-4-3/h1,3-6,8-12H,2H2;3H,2H2,1H3. The molecular weight excluding hydrogens is 220 g/mol. The average molecular weight is 238 g/mol. The number of hydrogen-bond acceptors (Lipinski definition) is 7. The van der Waals surface area contributed by atoms with Gasteiger partial charge in [0.2, 0.25) is 0 Å². The lowest BCUT2D eigenvalue weighted by Crippen LogP contribution is -2.46. The van der Waals surface area contributed by atoms with E-state index in [2.05, 4.69) is 6.92 Å². The molecule has 5 atom stereocenters. The summed E-state index contributed by atoms with van der Waals surface area (Å²) in [4.78, 5) is 9.90. The fourth-order valence-electron chi connectivity index (χ4n) is 0.714. The smallest absolute Gasteiger partial charge is 0.151 e. The van der Waals surface area contributed by atoms with Gasteiger partial charge in [-0.05, 0) is 6.92 Å². The zero-order chi connectivity index (χ0) is 12.7. The lowest BCUT2D eigenvalue weighted by molar-refractivity contribution is -0.136. The van der Waals surface area contributed by atoms with Crippen LogP contribution in [0.15, 0.2) is 0 Å². The molecule has 96 valence electrons. The number of carbonyl (C=O) groups excluding carboxylic acids is 1. The molecule has 1 saturated heterocycles. The molecule has 0 aliphatic carbocycles. The summed E-state index contributed by atoms with van der Waals surface area (Å²) in [6.07, 6.45) is -6.26. The SMILES string of the molecule is CC1CO1.O=CC(O)C(O)C(O)C(O)CO. The average Bonchev–Trinajstić information content (AvgIpc) is 3.08. The minimum Gasteiger partial charge on any atom is -0.394 e. The third-order valence-electron chi connectivity index (χ3n) is 1.92. The number of epoxide rings is 1. The van der Waals surface area contributed by atoms with Gasteiger partial charge in [-0.2, -0.15) is 0 Å². The number of aldehydes is 1. The Morgan fingerprint density at radius 2 is 1.75 bits per heavy atom. The van der Waals surface area contributed by atoms with Gasteiger partial charge >= 0.3 is 0 Å². The summed E-state index contributed by atoms with van der Waals surface area (Å²) < 4.78 is 4.71. The zero-order valence-corrected chi connectivity index (χ0v) is 8.93. The van der Waals surface area contributed by atoms with E-state index >= 15 is 0 Å². The summed E-state index contributed by atoms with van der Waals surface area (Å²) in [5, 5.41) is 43.5. The summed E-state index contributed by atoms with van der Waals surface area (Å²) in [7, 11) is 0. The molecule has 1 aliphatic heterocycles. The minimum atomic E-state index is -1.79. The first-order chi connectivity index (χ1) is 7.43. The van der Waals surface area contributed by atoms with Crippen LogP contribution in [-0.2, 0) is 9.53 Å². The number of hydrogen-bond donors (Lipinski definition) is 5. The topological polar surface area (TPSA) is 131 Å². The lowest BCUT2D eigenvalue weighted by Gasteiger charge is -2.22. The van der Waals surface area contributed by atoms with Gasteiger partial charge in [-0.25, -0.2) is 0 Å². The Morgan fingerprint density at radius 3 is 2.00 bits per heavy atom. The Morgan fingerprint density at radius 1 is 1.31 bits per heavy atom. The molecule has 1 rings (SSSR count). The molecule has 0 bridgehead atoms. The van der Waals surface area contributed by atoms with E-state index in [-0.39, 0.29) is 6.29 Å². The molecule has 1 heterocycles. The van der Waals surface area contributed by atoms with E-state index < -0.39 is 31.0 Å². The maximum absolute atomic E-state index is 9.90. The van der Waals surface area contributed by atoms with Crippen LogP contribution in [0.4, 0.5) is 0 Å². The van der Waals surface area contributed by atoms with Crippen molar-refractivity contribution in [2.24, 2.45) is 0 Å². The van der Waals surface area contributed by atoms with E-state index in [1.54, 1.807) is 0 Å².